The van der Waals surface area contributed by atoms with Crippen molar-refractivity contribution in [3.05, 3.63) is 72.1 Å². The number of aromatic nitrogens is 3. The minimum Gasteiger partial charge on any atom is -0.369 e. The summed E-state index contributed by atoms with van der Waals surface area (Å²) < 4.78 is 2.14. The molecular formula is C36H43N9O3. The van der Waals surface area contributed by atoms with Crippen molar-refractivity contribution >= 4 is 51.9 Å². The molecule has 2 aliphatic heterocycles. The van der Waals surface area contributed by atoms with Crippen LogP contribution < -0.4 is 20.4 Å². The molecule has 0 bridgehead atoms. The molecule has 2 saturated heterocycles. The molecule has 4 heterocycles. The number of piperazine rings is 1. The maximum Gasteiger partial charge on any atom is 0.328 e. The second kappa shape index (κ2) is 13.6. The number of benzene rings is 2. The molecule has 1 saturated carbocycles. The van der Waals surface area contributed by atoms with E-state index in [2.05, 4.69) is 60.3 Å². The fraction of sp³-hybridized carbons (Fsp3) is 0.417. The number of hydrogen-bond donors (Lipinski definition) is 2. The van der Waals surface area contributed by atoms with Crippen LogP contribution >= 0.6 is 0 Å². The molecule has 1 aliphatic carbocycles. The Balaban J connectivity index is 0.937. The summed E-state index contributed by atoms with van der Waals surface area (Å²) in [5.74, 6) is 0.287. The van der Waals surface area contributed by atoms with Crippen LogP contribution in [-0.4, -0.2) is 95.5 Å². The maximum atomic E-state index is 13.0. The fourth-order valence-corrected chi connectivity index (χ4v) is 7.06. The van der Waals surface area contributed by atoms with Crippen LogP contribution in [0, 0.1) is 0 Å². The number of nitrogens with one attached hydrogen (secondary N) is 2. The predicted octanol–water partition coefficient (Wildman–Crippen LogP) is 4.80. The lowest BCUT2D eigenvalue weighted by Crippen LogP contribution is -2.49. The average molecular weight is 650 g/mol. The summed E-state index contributed by atoms with van der Waals surface area (Å²) in [5.41, 5.74) is 5.59. The third-order valence-electron chi connectivity index (χ3n) is 9.75. The molecule has 12 heteroatoms. The second-order valence-electron chi connectivity index (χ2n) is 13.2. The average Bonchev–Trinajstić information content (AvgIpc) is 3.76. The molecule has 4 amide bonds. The molecule has 3 aliphatic rings. The van der Waals surface area contributed by atoms with Gasteiger partial charge in [0.1, 0.15) is 11.3 Å². The number of anilines is 4. The van der Waals surface area contributed by atoms with Crippen molar-refractivity contribution in [3.8, 4) is 0 Å². The maximum absolute atomic E-state index is 13.0. The number of amides is 4. The van der Waals surface area contributed by atoms with Crippen LogP contribution in [0.15, 0.2) is 60.8 Å². The Hall–Kier alpha value is -4.97. The van der Waals surface area contributed by atoms with Gasteiger partial charge in [0.05, 0.1) is 0 Å². The lowest BCUT2D eigenvalue weighted by atomic mass is 10.1. The highest BCUT2D eigenvalue weighted by Crippen LogP contribution is 2.35. The molecular weight excluding hydrogens is 606 g/mol. The highest BCUT2D eigenvalue weighted by molar-refractivity contribution is 6.05. The molecule has 4 aromatic rings. The van der Waals surface area contributed by atoms with E-state index in [9.17, 15) is 14.4 Å². The molecule has 12 nitrogen and oxygen atoms in total. The number of carbonyl (C=O) groups is 3. The van der Waals surface area contributed by atoms with E-state index in [1.165, 1.54) is 18.4 Å². The quantitative estimate of drug-likeness (QED) is 0.266. The number of imide groups is 1. The zero-order chi connectivity index (χ0) is 33.2. The topological polar surface area (TPSA) is 119 Å². The van der Waals surface area contributed by atoms with Gasteiger partial charge in [-0.2, -0.15) is 4.98 Å². The predicted molar refractivity (Wildman–Crippen MR) is 187 cm³/mol. The molecule has 2 aromatic heterocycles. The standard InChI is InChI=1S/C36H43N9O3/c1-41(2)34(47)31-22-26-24-37-35(40-33(26)45(31)28-6-3-4-7-28)38-27-12-10-25(11-13-27)14-16-42-18-20-43(21-19-42)29-8-5-9-30(23-29)44-17-15-32(46)39-36(44)48/h5,8-13,22-24,28H,3-4,6-7,14-21H2,1-2H3,(H,37,38,40)(H,39,46,48). The summed E-state index contributed by atoms with van der Waals surface area (Å²) in [6.07, 6.45) is 7.53. The summed E-state index contributed by atoms with van der Waals surface area (Å²) in [6.45, 7) is 5.14. The van der Waals surface area contributed by atoms with Gasteiger partial charge in [-0.1, -0.05) is 31.0 Å². The molecule has 2 N–H and O–H groups in total. The summed E-state index contributed by atoms with van der Waals surface area (Å²) in [5, 5.41) is 6.66. The van der Waals surface area contributed by atoms with Gasteiger partial charge in [-0.05, 0) is 61.2 Å². The summed E-state index contributed by atoms with van der Waals surface area (Å²) in [4.78, 5) is 54.4. The Morgan fingerprint density at radius 3 is 2.44 bits per heavy atom. The van der Waals surface area contributed by atoms with Crippen molar-refractivity contribution in [1.82, 2.24) is 29.7 Å². The molecule has 7 rings (SSSR count). The van der Waals surface area contributed by atoms with Crippen molar-refractivity contribution in [2.24, 2.45) is 0 Å². The summed E-state index contributed by atoms with van der Waals surface area (Å²) >= 11 is 0. The third-order valence-corrected chi connectivity index (χ3v) is 9.75. The first kappa shape index (κ1) is 31.6. The zero-order valence-electron chi connectivity index (χ0n) is 27.7. The first-order valence-electron chi connectivity index (χ1n) is 17.0. The van der Waals surface area contributed by atoms with Crippen molar-refractivity contribution < 1.29 is 14.4 Å². The highest BCUT2D eigenvalue weighted by atomic mass is 16.2. The zero-order valence-corrected chi connectivity index (χ0v) is 27.7. The SMILES string of the molecule is CN(C)C(=O)c1cc2cnc(Nc3ccc(CCN4CCN(c5cccc(N6CCC(=O)NC6=O)c5)CC4)cc3)nc2n1C1CCCC1. The monoisotopic (exact) mass is 649 g/mol. The molecule has 0 unspecified atom stereocenters. The number of hydrogen-bond acceptors (Lipinski definition) is 8. The Kier molecular flexibility index (Phi) is 8.98. The molecule has 0 radical (unpaired) electrons. The van der Waals surface area contributed by atoms with Crippen molar-refractivity contribution in [2.75, 3.05) is 68.5 Å². The second-order valence-corrected chi connectivity index (χ2v) is 13.2. The Morgan fingerprint density at radius 1 is 0.958 bits per heavy atom. The van der Waals surface area contributed by atoms with Crippen molar-refractivity contribution in [1.29, 1.82) is 0 Å². The van der Waals surface area contributed by atoms with Gasteiger partial charge in [0.25, 0.3) is 5.91 Å². The minimum atomic E-state index is -0.356. The first-order valence-corrected chi connectivity index (χ1v) is 17.0. The van der Waals surface area contributed by atoms with Crippen LogP contribution in [0.25, 0.3) is 11.0 Å². The number of fused-ring (bicyclic) bond motifs is 1. The number of carbonyl (C=O) groups excluding carboxylic acids is 3. The molecule has 3 fully saturated rings. The van der Waals surface area contributed by atoms with E-state index in [4.69, 9.17) is 4.98 Å². The van der Waals surface area contributed by atoms with E-state index in [0.29, 0.717) is 24.6 Å². The van der Waals surface area contributed by atoms with Crippen LogP contribution in [0.1, 0.15) is 54.2 Å². The normalized spacial score (nSPS) is 17.6. The van der Waals surface area contributed by atoms with E-state index >= 15 is 0 Å². The largest absolute Gasteiger partial charge is 0.369 e. The molecule has 0 spiro atoms. The molecule has 250 valence electrons. The Bertz CT molecular complexity index is 1810. The molecule has 48 heavy (non-hydrogen) atoms. The number of rotatable bonds is 9. The van der Waals surface area contributed by atoms with Crippen molar-refractivity contribution in [3.63, 3.8) is 0 Å². The van der Waals surface area contributed by atoms with Gasteiger partial charge in [0.2, 0.25) is 11.9 Å². The smallest absolute Gasteiger partial charge is 0.328 e. The molecule has 0 atom stereocenters. The number of nitrogens with zero attached hydrogens (tertiary/aromatic N) is 7. The Morgan fingerprint density at radius 2 is 1.71 bits per heavy atom. The van der Waals surface area contributed by atoms with E-state index in [0.717, 1.165) is 80.1 Å². The fourth-order valence-electron chi connectivity index (χ4n) is 7.06. The number of urea groups is 1. The van der Waals surface area contributed by atoms with Gasteiger partial charge in [-0.25, -0.2) is 9.78 Å². The van der Waals surface area contributed by atoms with Crippen LogP contribution in [-0.2, 0) is 11.2 Å². The van der Waals surface area contributed by atoms with Gasteiger partial charge >= 0.3 is 6.03 Å². The van der Waals surface area contributed by atoms with Crippen LogP contribution in [0.2, 0.25) is 0 Å². The van der Waals surface area contributed by atoms with Crippen molar-refractivity contribution in [2.45, 2.75) is 44.6 Å². The minimum absolute atomic E-state index is 0.0120. The first-order chi connectivity index (χ1) is 23.3. The van der Waals surface area contributed by atoms with Gasteiger partial charge in [-0.3, -0.25) is 24.7 Å². The van der Waals surface area contributed by atoms with Gasteiger partial charge < -0.3 is 19.7 Å². The van der Waals surface area contributed by atoms with E-state index in [-0.39, 0.29) is 23.9 Å². The van der Waals surface area contributed by atoms with Gasteiger partial charge in [0.15, 0.2) is 0 Å². The molecule has 2 aromatic carbocycles. The van der Waals surface area contributed by atoms with Crippen LogP contribution in [0.3, 0.4) is 0 Å². The van der Waals surface area contributed by atoms with E-state index in [1.54, 1.807) is 23.9 Å². The van der Waals surface area contributed by atoms with E-state index < -0.39 is 0 Å². The van der Waals surface area contributed by atoms with Gasteiger partial charge in [-0.15, -0.1) is 0 Å². The van der Waals surface area contributed by atoms with Crippen LogP contribution in [0.5, 0.6) is 0 Å². The summed E-state index contributed by atoms with van der Waals surface area (Å²) in [6, 6.07) is 18.3. The van der Waals surface area contributed by atoms with E-state index in [1.807, 2.05) is 30.5 Å². The highest BCUT2D eigenvalue weighted by Gasteiger charge is 2.27. The van der Waals surface area contributed by atoms with Gasteiger partial charge in [0, 0.05) is 94.5 Å². The Labute approximate surface area is 280 Å². The van der Waals surface area contributed by atoms with Crippen LogP contribution in [0.4, 0.5) is 27.8 Å². The third kappa shape index (κ3) is 6.70. The summed E-state index contributed by atoms with van der Waals surface area (Å²) in [7, 11) is 3.57. The lowest BCUT2D eigenvalue weighted by molar-refractivity contribution is -0.120. The lowest BCUT2D eigenvalue weighted by Gasteiger charge is -2.36.